The Labute approximate surface area is 170 Å². The van der Waals surface area contributed by atoms with E-state index in [1.807, 2.05) is 6.08 Å². The minimum Gasteiger partial charge on any atom is -0.503 e. The summed E-state index contributed by atoms with van der Waals surface area (Å²) in [5.74, 6) is -0.428. The van der Waals surface area contributed by atoms with Crippen molar-refractivity contribution in [1.29, 1.82) is 0 Å². The molecule has 0 fully saturated rings. The predicted molar refractivity (Wildman–Crippen MR) is 110 cm³/mol. The van der Waals surface area contributed by atoms with Crippen LogP contribution >= 0.6 is 11.6 Å². The summed E-state index contributed by atoms with van der Waals surface area (Å²) in [7, 11) is 0. The van der Waals surface area contributed by atoms with Crippen LogP contribution in [-0.2, 0) is 6.54 Å². The van der Waals surface area contributed by atoms with Crippen molar-refractivity contribution in [2.75, 3.05) is 6.61 Å². The monoisotopic (exact) mass is 412 g/mol. The molecule has 0 aliphatic carbocycles. The number of allylic oxidation sites excluding steroid dienone is 1. The molecule has 0 saturated heterocycles. The fraction of sp³-hybridized carbons (Fsp3) is 0.190. The van der Waals surface area contributed by atoms with Crippen LogP contribution in [0.4, 0.5) is 0 Å². The van der Waals surface area contributed by atoms with Gasteiger partial charge in [-0.3, -0.25) is 9.36 Å². The summed E-state index contributed by atoms with van der Waals surface area (Å²) < 4.78 is 7.00. The van der Waals surface area contributed by atoms with Crippen LogP contribution in [0.1, 0.15) is 35.1 Å². The van der Waals surface area contributed by atoms with Crippen molar-refractivity contribution in [1.82, 2.24) is 9.55 Å². The van der Waals surface area contributed by atoms with E-state index in [0.29, 0.717) is 41.9 Å². The van der Waals surface area contributed by atoms with E-state index in [4.69, 9.17) is 16.3 Å². The number of benzene rings is 2. The molecule has 0 spiro atoms. The van der Waals surface area contributed by atoms with Crippen molar-refractivity contribution >= 4 is 40.1 Å². The molecular weight excluding hydrogens is 396 g/mol. The Morgan fingerprint density at radius 3 is 2.86 bits per heavy atom. The molecule has 148 valence electrons. The lowest BCUT2D eigenvalue weighted by Gasteiger charge is -2.09. The lowest BCUT2D eigenvalue weighted by atomic mass is 10.1. The van der Waals surface area contributed by atoms with E-state index in [2.05, 4.69) is 4.98 Å². The molecule has 0 amide bonds. The molecule has 0 radical (unpaired) electrons. The largest absolute Gasteiger partial charge is 0.503 e. The molecule has 1 aromatic heterocycles. The first-order chi connectivity index (χ1) is 13.9. The number of carboxylic acids is 1. The van der Waals surface area contributed by atoms with Gasteiger partial charge >= 0.3 is 5.97 Å². The first-order valence-electron chi connectivity index (χ1n) is 9.03. The molecule has 0 saturated carbocycles. The third-order valence-corrected chi connectivity index (χ3v) is 5.07. The Morgan fingerprint density at radius 1 is 1.34 bits per heavy atom. The molecule has 0 bridgehead atoms. The van der Waals surface area contributed by atoms with E-state index in [0.717, 1.165) is 5.57 Å². The van der Waals surface area contributed by atoms with Gasteiger partial charge in [-0.2, -0.15) is 0 Å². The number of nitrogens with zero attached hydrogens (tertiary/aromatic N) is 2. The molecule has 2 aromatic carbocycles. The number of hydrogen-bond acceptors (Lipinski definition) is 5. The number of rotatable bonds is 4. The van der Waals surface area contributed by atoms with Crippen LogP contribution < -0.4 is 10.3 Å². The minimum atomic E-state index is -1.08. The average molecular weight is 413 g/mol. The summed E-state index contributed by atoms with van der Waals surface area (Å²) in [6.07, 6.45) is 2.43. The molecule has 29 heavy (non-hydrogen) atoms. The molecule has 0 atom stereocenters. The number of carbonyl (C=O) groups is 1. The average Bonchev–Trinajstić information content (AvgIpc) is 3.08. The van der Waals surface area contributed by atoms with Crippen LogP contribution in [0.5, 0.6) is 11.5 Å². The number of aromatic carboxylic acids is 1. The third-order valence-electron chi connectivity index (χ3n) is 4.79. The highest BCUT2D eigenvalue weighted by Crippen LogP contribution is 2.37. The summed E-state index contributed by atoms with van der Waals surface area (Å²) in [6.45, 7) is 2.66. The molecular formula is C21H17ClN2O5. The van der Waals surface area contributed by atoms with Gasteiger partial charge < -0.3 is 14.9 Å². The Balaban J connectivity index is 1.85. The van der Waals surface area contributed by atoms with Crippen LogP contribution in [0.2, 0.25) is 5.02 Å². The van der Waals surface area contributed by atoms with Crippen molar-refractivity contribution < 1.29 is 19.7 Å². The van der Waals surface area contributed by atoms with Gasteiger partial charge in [0, 0.05) is 6.54 Å². The number of hydrogen-bond donors (Lipinski definition) is 2. The molecule has 3 aromatic rings. The molecule has 4 rings (SSSR count). The predicted octanol–water partition coefficient (Wildman–Crippen LogP) is 3.80. The van der Waals surface area contributed by atoms with E-state index in [9.17, 15) is 19.8 Å². The zero-order valence-corrected chi connectivity index (χ0v) is 16.2. The van der Waals surface area contributed by atoms with E-state index < -0.39 is 5.97 Å². The normalized spacial score (nSPS) is 14.3. The van der Waals surface area contributed by atoms with Gasteiger partial charge in [0.2, 0.25) is 0 Å². The van der Waals surface area contributed by atoms with Gasteiger partial charge in [-0.25, -0.2) is 9.78 Å². The van der Waals surface area contributed by atoms with E-state index in [1.165, 1.54) is 18.2 Å². The minimum absolute atomic E-state index is 0.0737. The summed E-state index contributed by atoms with van der Waals surface area (Å²) in [6, 6.07) is 7.58. The Morgan fingerprint density at radius 2 is 2.14 bits per heavy atom. The van der Waals surface area contributed by atoms with Crippen molar-refractivity contribution in [3.05, 3.63) is 62.7 Å². The SMILES string of the molecule is CCOc1cc(C=C2CCn3c2nc2cc(C(=O)O)ccc2c3=O)cc(Cl)c1O. The number of fused-ring (bicyclic) bond motifs is 2. The molecule has 1 aliphatic heterocycles. The Hall–Kier alpha value is -3.32. The van der Waals surface area contributed by atoms with E-state index in [1.54, 1.807) is 23.6 Å². The van der Waals surface area contributed by atoms with Crippen molar-refractivity contribution in [2.24, 2.45) is 0 Å². The topological polar surface area (TPSA) is 102 Å². The maximum Gasteiger partial charge on any atom is 0.335 e. The standard InChI is InChI=1S/C21H17ClN2O5/c1-2-29-17-9-11(8-15(22)18(17)25)7-12-5-6-24-19(12)23-16-10-13(21(27)28)3-4-14(16)20(24)26/h3-4,7-10,25H,2,5-6H2,1H3,(H,27,28). The van der Waals surface area contributed by atoms with Crippen molar-refractivity contribution in [2.45, 2.75) is 19.9 Å². The van der Waals surface area contributed by atoms with Gasteiger partial charge in [0.05, 0.1) is 28.1 Å². The highest BCUT2D eigenvalue weighted by Gasteiger charge is 2.22. The molecule has 1 aliphatic rings. The maximum atomic E-state index is 12.8. The van der Waals surface area contributed by atoms with Crippen LogP contribution in [0.25, 0.3) is 22.6 Å². The number of halogens is 1. The fourth-order valence-corrected chi connectivity index (χ4v) is 3.65. The maximum absolute atomic E-state index is 12.8. The number of phenolic OH excluding ortho intramolecular Hbond substituents is 1. The van der Waals surface area contributed by atoms with Gasteiger partial charge in [0.25, 0.3) is 5.56 Å². The molecule has 7 nitrogen and oxygen atoms in total. The summed E-state index contributed by atoms with van der Waals surface area (Å²) >= 11 is 6.11. The second-order valence-corrected chi connectivity index (χ2v) is 7.04. The number of carboxylic acid groups (broad SMARTS) is 1. The lowest BCUT2D eigenvalue weighted by Crippen LogP contribution is -2.21. The van der Waals surface area contributed by atoms with Gasteiger partial charge in [-0.1, -0.05) is 11.6 Å². The zero-order chi connectivity index (χ0) is 20.7. The fourth-order valence-electron chi connectivity index (χ4n) is 3.43. The molecule has 8 heteroatoms. The second-order valence-electron chi connectivity index (χ2n) is 6.63. The highest BCUT2D eigenvalue weighted by atomic mass is 35.5. The number of aromatic nitrogens is 2. The van der Waals surface area contributed by atoms with Crippen LogP contribution in [0.15, 0.2) is 35.1 Å². The molecule has 0 unspecified atom stereocenters. The van der Waals surface area contributed by atoms with E-state index >= 15 is 0 Å². The summed E-state index contributed by atoms with van der Waals surface area (Å²) in [4.78, 5) is 28.6. The van der Waals surface area contributed by atoms with Gasteiger partial charge in [0.15, 0.2) is 11.5 Å². The van der Waals surface area contributed by atoms with Gasteiger partial charge in [-0.05, 0) is 60.9 Å². The van der Waals surface area contributed by atoms with Crippen molar-refractivity contribution in [3.8, 4) is 11.5 Å². The van der Waals surface area contributed by atoms with Crippen LogP contribution in [0, 0.1) is 0 Å². The quantitative estimate of drug-likeness (QED) is 0.675. The van der Waals surface area contributed by atoms with Crippen LogP contribution in [-0.4, -0.2) is 32.3 Å². The smallest absolute Gasteiger partial charge is 0.335 e. The van der Waals surface area contributed by atoms with E-state index in [-0.39, 0.29) is 27.6 Å². The Kier molecular flexibility index (Phi) is 4.76. The first-order valence-corrected chi connectivity index (χ1v) is 9.41. The second kappa shape index (κ2) is 7.25. The van der Waals surface area contributed by atoms with Gasteiger partial charge in [-0.15, -0.1) is 0 Å². The summed E-state index contributed by atoms with van der Waals surface area (Å²) in [5.41, 5.74) is 1.73. The van der Waals surface area contributed by atoms with Gasteiger partial charge in [0.1, 0.15) is 5.82 Å². The first kappa shape index (κ1) is 19.0. The number of ether oxygens (including phenoxy) is 1. The summed E-state index contributed by atoms with van der Waals surface area (Å²) in [5, 5.41) is 19.8. The Bertz CT molecular complexity index is 1250. The van der Waals surface area contributed by atoms with Crippen molar-refractivity contribution in [3.63, 3.8) is 0 Å². The molecule has 2 N–H and O–H groups in total. The number of aromatic hydroxyl groups is 1. The number of phenols is 1. The highest BCUT2D eigenvalue weighted by molar-refractivity contribution is 6.32. The zero-order valence-electron chi connectivity index (χ0n) is 15.5. The lowest BCUT2D eigenvalue weighted by molar-refractivity contribution is 0.0697. The third kappa shape index (κ3) is 3.34. The molecule has 2 heterocycles. The van der Waals surface area contributed by atoms with Crippen LogP contribution in [0.3, 0.4) is 0 Å².